The number of aryl methyl sites for hydroxylation is 1. The number of rotatable bonds is 5. The van der Waals surface area contributed by atoms with Crippen LogP contribution in [-0.4, -0.2) is 28.4 Å². The highest BCUT2D eigenvalue weighted by atomic mass is 16.5. The highest BCUT2D eigenvalue weighted by Crippen LogP contribution is 1.95. The Morgan fingerprint density at radius 1 is 1.47 bits per heavy atom. The van der Waals surface area contributed by atoms with Crippen LogP contribution in [0.15, 0.2) is 4.52 Å². The van der Waals surface area contributed by atoms with Crippen LogP contribution in [-0.2, 0) is 16.0 Å². The maximum absolute atomic E-state index is 11.1. The summed E-state index contributed by atoms with van der Waals surface area (Å²) in [6.07, 6.45) is 0.396. The number of ketones is 1. The fourth-order valence-electron chi connectivity index (χ4n) is 1.04. The van der Waals surface area contributed by atoms with Crippen LogP contribution in [0, 0.1) is 6.92 Å². The van der Waals surface area contributed by atoms with Gasteiger partial charge in [0.25, 0.3) is 0 Å². The summed E-state index contributed by atoms with van der Waals surface area (Å²) in [5.41, 5.74) is 0. The first kappa shape index (κ1) is 11.4. The summed E-state index contributed by atoms with van der Waals surface area (Å²) in [5, 5.41) is 6.19. The first-order valence-electron chi connectivity index (χ1n) is 4.63. The van der Waals surface area contributed by atoms with Crippen molar-refractivity contribution in [3.8, 4) is 0 Å². The molecule has 1 amide bonds. The normalized spacial score (nSPS) is 10.0. The van der Waals surface area contributed by atoms with E-state index in [0.29, 0.717) is 24.7 Å². The van der Waals surface area contributed by atoms with Crippen molar-refractivity contribution in [2.45, 2.75) is 26.7 Å². The first-order valence-corrected chi connectivity index (χ1v) is 4.63. The Kier molecular flexibility index (Phi) is 3.96. The minimum Gasteiger partial charge on any atom is -0.355 e. The third-order valence-electron chi connectivity index (χ3n) is 1.64. The Balaban J connectivity index is 2.22. The molecule has 1 heterocycles. The van der Waals surface area contributed by atoms with Gasteiger partial charge in [-0.25, -0.2) is 0 Å². The number of amides is 1. The van der Waals surface area contributed by atoms with Gasteiger partial charge in [-0.2, -0.15) is 4.98 Å². The van der Waals surface area contributed by atoms with E-state index in [9.17, 15) is 9.59 Å². The molecule has 0 saturated carbocycles. The largest absolute Gasteiger partial charge is 0.355 e. The number of nitrogens with one attached hydrogen (secondary N) is 1. The van der Waals surface area contributed by atoms with Crippen LogP contribution in [0.3, 0.4) is 0 Å². The first-order chi connectivity index (χ1) is 7.08. The van der Waals surface area contributed by atoms with Crippen molar-refractivity contribution in [1.82, 2.24) is 15.5 Å². The average Bonchev–Trinajstić information content (AvgIpc) is 2.50. The molecule has 0 bridgehead atoms. The van der Waals surface area contributed by atoms with Crippen LogP contribution in [0.4, 0.5) is 0 Å². The summed E-state index contributed by atoms with van der Waals surface area (Å²) in [4.78, 5) is 25.6. The van der Waals surface area contributed by atoms with Gasteiger partial charge in [0.1, 0.15) is 5.78 Å². The lowest BCUT2D eigenvalue weighted by Gasteiger charge is -2.00. The van der Waals surface area contributed by atoms with Crippen LogP contribution in [0.5, 0.6) is 0 Å². The highest BCUT2D eigenvalue weighted by molar-refractivity contribution is 5.96. The predicted molar refractivity (Wildman–Crippen MR) is 51.0 cm³/mol. The van der Waals surface area contributed by atoms with E-state index in [1.54, 1.807) is 6.92 Å². The van der Waals surface area contributed by atoms with Gasteiger partial charge in [-0.3, -0.25) is 9.59 Å². The Labute approximate surface area is 87.0 Å². The minimum absolute atomic E-state index is 0.0805. The van der Waals surface area contributed by atoms with Gasteiger partial charge in [0, 0.05) is 13.0 Å². The van der Waals surface area contributed by atoms with Crippen LogP contribution in [0.1, 0.15) is 25.1 Å². The molecular weight excluding hydrogens is 198 g/mol. The van der Waals surface area contributed by atoms with Gasteiger partial charge in [0.2, 0.25) is 11.8 Å². The average molecular weight is 211 g/mol. The number of hydrogen-bond acceptors (Lipinski definition) is 5. The third-order valence-corrected chi connectivity index (χ3v) is 1.64. The molecule has 0 aromatic carbocycles. The summed E-state index contributed by atoms with van der Waals surface area (Å²) < 4.78 is 4.85. The highest BCUT2D eigenvalue weighted by Gasteiger charge is 2.06. The summed E-state index contributed by atoms with van der Waals surface area (Å²) in [6.45, 7) is 3.50. The number of carbonyl (C=O) groups is 2. The van der Waals surface area contributed by atoms with Gasteiger partial charge in [0.15, 0.2) is 5.82 Å². The maximum atomic E-state index is 11.1. The van der Waals surface area contributed by atoms with Gasteiger partial charge in [-0.05, 0) is 13.8 Å². The smallest absolute Gasteiger partial charge is 0.228 e. The lowest BCUT2D eigenvalue weighted by molar-refractivity contribution is -0.127. The third kappa shape index (κ3) is 4.35. The number of hydrogen-bond donors (Lipinski definition) is 1. The molecule has 0 atom stereocenters. The van der Waals surface area contributed by atoms with Crippen molar-refractivity contribution in [3.05, 3.63) is 11.7 Å². The fraction of sp³-hybridized carbons (Fsp3) is 0.556. The Hall–Kier alpha value is -1.72. The number of aromatic nitrogens is 2. The van der Waals surface area contributed by atoms with E-state index in [1.165, 1.54) is 6.92 Å². The van der Waals surface area contributed by atoms with Crippen molar-refractivity contribution in [1.29, 1.82) is 0 Å². The lowest BCUT2D eigenvalue weighted by atomic mass is 10.3. The van der Waals surface area contributed by atoms with E-state index in [0.717, 1.165) is 0 Å². The molecule has 6 nitrogen and oxygen atoms in total. The molecule has 0 radical (unpaired) electrons. The van der Waals surface area contributed by atoms with E-state index in [2.05, 4.69) is 15.5 Å². The Morgan fingerprint density at radius 2 is 2.20 bits per heavy atom. The van der Waals surface area contributed by atoms with Crippen LogP contribution in [0.25, 0.3) is 0 Å². The second kappa shape index (κ2) is 5.23. The molecule has 15 heavy (non-hydrogen) atoms. The second-order valence-corrected chi connectivity index (χ2v) is 3.21. The molecule has 1 rings (SSSR count). The van der Waals surface area contributed by atoms with Crippen LogP contribution in [0.2, 0.25) is 0 Å². The topological polar surface area (TPSA) is 85.1 Å². The molecule has 82 valence electrons. The molecule has 0 aliphatic rings. The van der Waals surface area contributed by atoms with Gasteiger partial charge >= 0.3 is 0 Å². The van der Waals surface area contributed by atoms with Crippen molar-refractivity contribution in [3.63, 3.8) is 0 Å². The van der Waals surface area contributed by atoms with E-state index in [-0.39, 0.29) is 18.1 Å². The van der Waals surface area contributed by atoms with Crippen molar-refractivity contribution in [2.75, 3.05) is 6.54 Å². The lowest BCUT2D eigenvalue weighted by Crippen LogP contribution is -2.27. The van der Waals surface area contributed by atoms with Gasteiger partial charge in [0.05, 0.1) is 6.42 Å². The molecule has 1 aromatic rings. The van der Waals surface area contributed by atoms with E-state index in [4.69, 9.17) is 4.52 Å². The summed E-state index contributed by atoms with van der Waals surface area (Å²) in [5.74, 6) is 0.621. The SMILES string of the molecule is CC(=O)CC(=O)NCCc1nc(C)no1. The summed E-state index contributed by atoms with van der Waals surface area (Å²) in [6, 6.07) is 0. The molecule has 1 N–H and O–H groups in total. The summed E-state index contributed by atoms with van der Waals surface area (Å²) >= 11 is 0. The van der Waals surface area contributed by atoms with Crippen molar-refractivity contribution < 1.29 is 14.1 Å². The molecule has 0 unspecified atom stereocenters. The monoisotopic (exact) mass is 211 g/mol. The summed E-state index contributed by atoms with van der Waals surface area (Å²) in [7, 11) is 0. The number of Topliss-reactive ketones (excluding diaryl/α,β-unsaturated/α-hetero) is 1. The molecule has 0 spiro atoms. The maximum Gasteiger partial charge on any atom is 0.228 e. The van der Waals surface area contributed by atoms with Crippen molar-refractivity contribution >= 4 is 11.7 Å². The molecule has 1 aromatic heterocycles. The zero-order valence-electron chi connectivity index (χ0n) is 8.74. The van der Waals surface area contributed by atoms with E-state index < -0.39 is 0 Å². The molecule has 0 fully saturated rings. The quantitative estimate of drug-likeness (QED) is 0.694. The van der Waals surface area contributed by atoms with Gasteiger partial charge < -0.3 is 9.84 Å². The molecule has 0 saturated heterocycles. The zero-order chi connectivity index (χ0) is 11.3. The molecule has 0 aliphatic carbocycles. The van der Waals surface area contributed by atoms with E-state index >= 15 is 0 Å². The minimum atomic E-state index is -0.279. The fourth-order valence-corrected chi connectivity index (χ4v) is 1.04. The predicted octanol–water partition coefficient (Wildman–Crippen LogP) is 0.0158. The number of carbonyl (C=O) groups excluding carboxylic acids is 2. The zero-order valence-corrected chi connectivity index (χ0v) is 8.74. The Morgan fingerprint density at radius 3 is 2.73 bits per heavy atom. The van der Waals surface area contributed by atoms with Crippen LogP contribution < -0.4 is 5.32 Å². The van der Waals surface area contributed by atoms with Crippen molar-refractivity contribution in [2.24, 2.45) is 0 Å². The van der Waals surface area contributed by atoms with Crippen LogP contribution >= 0.6 is 0 Å². The number of nitrogens with zero attached hydrogens (tertiary/aromatic N) is 2. The Bertz CT molecular complexity index is 359. The van der Waals surface area contributed by atoms with E-state index in [1.807, 2.05) is 0 Å². The van der Waals surface area contributed by atoms with Gasteiger partial charge in [-0.1, -0.05) is 5.16 Å². The molecular formula is C9H13N3O3. The molecule has 0 aliphatic heterocycles. The second-order valence-electron chi connectivity index (χ2n) is 3.21. The van der Waals surface area contributed by atoms with Gasteiger partial charge in [-0.15, -0.1) is 0 Å². The standard InChI is InChI=1S/C9H13N3O3/c1-6(13)5-8(14)10-4-3-9-11-7(2)12-15-9/h3-5H2,1-2H3,(H,10,14). The molecule has 6 heteroatoms.